The number of hydrogen-bond donors (Lipinski definition) is 1. The molecule has 0 bridgehead atoms. The second-order valence-corrected chi connectivity index (χ2v) is 7.21. The van der Waals surface area contributed by atoms with Gasteiger partial charge < -0.3 is 14.8 Å². The van der Waals surface area contributed by atoms with Crippen LogP contribution in [0.1, 0.15) is 30.2 Å². The van der Waals surface area contributed by atoms with Gasteiger partial charge in [0.25, 0.3) is 0 Å². The molecule has 0 spiro atoms. The molecule has 1 aromatic carbocycles. The molecule has 2 aliphatic rings. The molecular weight excluding hydrogens is 298 g/mol. The fourth-order valence-corrected chi connectivity index (χ4v) is 4.48. The van der Waals surface area contributed by atoms with Crippen LogP contribution < -0.4 is 5.32 Å². The predicted octanol–water partition coefficient (Wildman–Crippen LogP) is 2.51. The molecule has 2 aromatic rings. The standard InChI is InChI=1S/C20H27N3O/c1-3-23-18-6-4-14(2)12-16(18)17-13-15(5-7-19(17)23)20(24)22-10-8-21-9-11-22/h4,6,12,15,21H,3,5,7-11,13H2,1-2H3. The molecular formula is C20H27N3O. The van der Waals surface area contributed by atoms with Crippen molar-refractivity contribution in [2.24, 2.45) is 5.92 Å². The molecule has 128 valence electrons. The number of amides is 1. The number of benzene rings is 1. The number of fused-ring (bicyclic) bond motifs is 3. The molecule has 1 saturated heterocycles. The van der Waals surface area contributed by atoms with E-state index >= 15 is 0 Å². The van der Waals surface area contributed by atoms with E-state index in [0.717, 1.165) is 52.0 Å². The van der Waals surface area contributed by atoms with E-state index in [1.807, 2.05) is 0 Å². The van der Waals surface area contributed by atoms with Crippen molar-refractivity contribution in [2.45, 2.75) is 39.7 Å². The highest BCUT2D eigenvalue weighted by molar-refractivity contribution is 5.88. The third kappa shape index (κ3) is 2.53. The highest BCUT2D eigenvalue weighted by atomic mass is 16.2. The van der Waals surface area contributed by atoms with Crippen molar-refractivity contribution in [1.29, 1.82) is 0 Å². The zero-order valence-corrected chi connectivity index (χ0v) is 14.8. The molecule has 4 heteroatoms. The van der Waals surface area contributed by atoms with Gasteiger partial charge >= 0.3 is 0 Å². The van der Waals surface area contributed by atoms with Gasteiger partial charge in [-0.1, -0.05) is 11.6 Å². The van der Waals surface area contributed by atoms with Crippen LogP contribution in [0.3, 0.4) is 0 Å². The summed E-state index contributed by atoms with van der Waals surface area (Å²) in [5.74, 6) is 0.527. The summed E-state index contributed by atoms with van der Waals surface area (Å²) in [5, 5.41) is 4.70. The lowest BCUT2D eigenvalue weighted by atomic mass is 9.85. The van der Waals surface area contributed by atoms with Crippen LogP contribution in [0.15, 0.2) is 18.2 Å². The second-order valence-electron chi connectivity index (χ2n) is 7.21. The number of aromatic nitrogens is 1. The fraction of sp³-hybridized carbons (Fsp3) is 0.550. The van der Waals surface area contributed by atoms with Crippen LogP contribution in [0.2, 0.25) is 0 Å². The molecule has 1 N–H and O–H groups in total. The maximum Gasteiger partial charge on any atom is 0.226 e. The van der Waals surface area contributed by atoms with Crippen molar-refractivity contribution in [2.75, 3.05) is 26.2 Å². The molecule has 1 aliphatic carbocycles. The first-order chi connectivity index (χ1) is 11.7. The average Bonchev–Trinajstić information content (AvgIpc) is 2.94. The molecule has 0 radical (unpaired) electrons. The summed E-state index contributed by atoms with van der Waals surface area (Å²) in [5.41, 5.74) is 5.52. The van der Waals surface area contributed by atoms with E-state index in [1.165, 1.54) is 27.7 Å². The van der Waals surface area contributed by atoms with E-state index in [9.17, 15) is 4.79 Å². The first-order valence-electron chi connectivity index (χ1n) is 9.29. The summed E-state index contributed by atoms with van der Waals surface area (Å²) in [6.45, 7) is 8.95. The third-order valence-electron chi connectivity index (χ3n) is 5.72. The van der Waals surface area contributed by atoms with E-state index in [-0.39, 0.29) is 5.92 Å². The zero-order chi connectivity index (χ0) is 16.7. The number of nitrogens with one attached hydrogen (secondary N) is 1. The van der Waals surface area contributed by atoms with Crippen molar-refractivity contribution in [3.05, 3.63) is 35.0 Å². The Morgan fingerprint density at radius 2 is 2.08 bits per heavy atom. The maximum absolute atomic E-state index is 12.9. The number of carbonyl (C=O) groups excluding carboxylic acids is 1. The molecule has 4 nitrogen and oxygen atoms in total. The fourth-order valence-electron chi connectivity index (χ4n) is 4.48. The lowest BCUT2D eigenvalue weighted by molar-refractivity contribution is -0.136. The topological polar surface area (TPSA) is 37.3 Å². The Balaban J connectivity index is 1.68. The number of hydrogen-bond acceptors (Lipinski definition) is 2. The molecule has 24 heavy (non-hydrogen) atoms. The number of carbonyl (C=O) groups is 1. The Hall–Kier alpha value is -1.81. The molecule has 1 aliphatic heterocycles. The van der Waals surface area contributed by atoms with Gasteiger partial charge in [-0.05, 0) is 50.8 Å². The van der Waals surface area contributed by atoms with Crippen LogP contribution in [0.25, 0.3) is 10.9 Å². The zero-order valence-electron chi connectivity index (χ0n) is 14.8. The van der Waals surface area contributed by atoms with Gasteiger partial charge in [-0.3, -0.25) is 4.79 Å². The van der Waals surface area contributed by atoms with Crippen molar-refractivity contribution in [3.63, 3.8) is 0 Å². The van der Waals surface area contributed by atoms with Gasteiger partial charge in [-0.25, -0.2) is 0 Å². The van der Waals surface area contributed by atoms with Crippen LogP contribution in [0.4, 0.5) is 0 Å². The lowest BCUT2D eigenvalue weighted by Gasteiger charge is -2.32. The first-order valence-corrected chi connectivity index (χ1v) is 9.29. The molecule has 4 rings (SSSR count). The average molecular weight is 325 g/mol. The Labute approximate surface area is 143 Å². The number of aryl methyl sites for hydroxylation is 2. The maximum atomic E-state index is 12.9. The minimum absolute atomic E-state index is 0.159. The molecule has 1 fully saturated rings. The smallest absolute Gasteiger partial charge is 0.226 e. The summed E-state index contributed by atoms with van der Waals surface area (Å²) in [6.07, 6.45) is 2.93. The van der Waals surface area contributed by atoms with Crippen LogP contribution in [0.5, 0.6) is 0 Å². The lowest BCUT2D eigenvalue weighted by Crippen LogP contribution is -2.49. The summed E-state index contributed by atoms with van der Waals surface area (Å²) in [7, 11) is 0. The number of piperazine rings is 1. The van der Waals surface area contributed by atoms with Gasteiger partial charge in [0, 0.05) is 55.2 Å². The molecule has 2 heterocycles. The van der Waals surface area contributed by atoms with Gasteiger partial charge in [0.2, 0.25) is 5.91 Å². The van der Waals surface area contributed by atoms with Crippen LogP contribution in [-0.4, -0.2) is 41.6 Å². The molecule has 1 amide bonds. The Morgan fingerprint density at radius 1 is 1.29 bits per heavy atom. The van der Waals surface area contributed by atoms with Gasteiger partial charge in [0.05, 0.1) is 0 Å². The predicted molar refractivity (Wildman–Crippen MR) is 97.3 cm³/mol. The minimum Gasteiger partial charge on any atom is -0.345 e. The Bertz CT molecular complexity index is 771. The highest BCUT2D eigenvalue weighted by Gasteiger charge is 2.31. The van der Waals surface area contributed by atoms with E-state index < -0.39 is 0 Å². The first kappa shape index (κ1) is 15.7. The van der Waals surface area contributed by atoms with Crippen molar-refractivity contribution in [1.82, 2.24) is 14.8 Å². The quantitative estimate of drug-likeness (QED) is 0.921. The summed E-state index contributed by atoms with van der Waals surface area (Å²) < 4.78 is 2.45. The van der Waals surface area contributed by atoms with Crippen molar-refractivity contribution >= 4 is 16.8 Å². The second kappa shape index (κ2) is 6.25. The SMILES string of the molecule is CCn1c2c(c3cc(C)ccc31)CC(C(=O)N1CCNCC1)CC2. The van der Waals surface area contributed by atoms with Crippen molar-refractivity contribution < 1.29 is 4.79 Å². The van der Waals surface area contributed by atoms with Gasteiger partial charge in [0.15, 0.2) is 0 Å². The molecule has 1 unspecified atom stereocenters. The van der Waals surface area contributed by atoms with Gasteiger partial charge in [-0.15, -0.1) is 0 Å². The highest BCUT2D eigenvalue weighted by Crippen LogP contribution is 2.35. The summed E-state index contributed by atoms with van der Waals surface area (Å²) >= 11 is 0. The Kier molecular flexibility index (Phi) is 4.09. The number of nitrogens with zero attached hydrogens (tertiary/aromatic N) is 2. The summed E-state index contributed by atoms with van der Waals surface area (Å²) in [4.78, 5) is 15.0. The number of rotatable bonds is 2. The largest absolute Gasteiger partial charge is 0.345 e. The van der Waals surface area contributed by atoms with Crippen LogP contribution in [-0.2, 0) is 24.2 Å². The van der Waals surface area contributed by atoms with Crippen molar-refractivity contribution in [3.8, 4) is 0 Å². The monoisotopic (exact) mass is 325 g/mol. The van der Waals surface area contributed by atoms with Gasteiger partial charge in [-0.2, -0.15) is 0 Å². The van der Waals surface area contributed by atoms with E-state index in [4.69, 9.17) is 0 Å². The molecule has 0 saturated carbocycles. The Morgan fingerprint density at radius 3 is 2.83 bits per heavy atom. The van der Waals surface area contributed by atoms with E-state index in [0.29, 0.717) is 5.91 Å². The third-order valence-corrected chi connectivity index (χ3v) is 5.72. The van der Waals surface area contributed by atoms with E-state index in [2.05, 4.69) is 46.8 Å². The van der Waals surface area contributed by atoms with E-state index in [1.54, 1.807) is 0 Å². The summed E-state index contributed by atoms with van der Waals surface area (Å²) in [6, 6.07) is 6.75. The molecule has 1 aromatic heterocycles. The minimum atomic E-state index is 0.159. The van der Waals surface area contributed by atoms with Gasteiger partial charge in [0.1, 0.15) is 0 Å². The normalized spacial score (nSPS) is 21.1. The van der Waals surface area contributed by atoms with Crippen LogP contribution >= 0.6 is 0 Å². The van der Waals surface area contributed by atoms with Crippen LogP contribution in [0, 0.1) is 12.8 Å². The molecule has 1 atom stereocenters.